The summed E-state index contributed by atoms with van der Waals surface area (Å²) in [6, 6.07) is 10.4. The second kappa shape index (κ2) is 8.47. The molecule has 1 aromatic heterocycles. The maximum Gasteiger partial charge on any atom is 0.329 e. The van der Waals surface area contributed by atoms with E-state index in [9.17, 15) is 13.6 Å². The molecular formula is C19H22ClF2N3O. The minimum Gasteiger partial charge on any atom is -0.320 e. The molecule has 0 saturated heterocycles. The van der Waals surface area contributed by atoms with Gasteiger partial charge in [0, 0.05) is 6.54 Å². The Morgan fingerprint density at radius 1 is 1.15 bits per heavy atom. The molecule has 4 nitrogen and oxygen atoms in total. The molecule has 1 heterocycles. The van der Waals surface area contributed by atoms with Crippen LogP contribution >= 0.6 is 12.4 Å². The van der Waals surface area contributed by atoms with Crippen molar-refractivity contribution in [3.8, 4) is 0 Å². The maximum atomic E-state index is 14.6. The average Bonchev–Trinajstić information content (AvgIpc) is 2.88. The lowest BCUT2D eigenvalue weighted by molar-refractivity contribution is 0.502. The Morgan fingerprint density at radius 3 is 2.54 bits per heavy atom. The van der Waals surface area contributed by atoms with Crippen molar-refractivity contribution in [1.29, 1.82) is 0 Å². The zero-order valence-corrected chi connectivity index (χ0v) is 15.5. The number of benzene rings is 2. The monoisotopic (exact) mass is 381 g/mol. The molecule has 0 aliphatic rings. The van der Waals surface area contributed by atoms with Crippen LogP contribution in [-0.2, 0) is 6.54 Å². The van der Waals surface area contributed by atoms with Crippen molar-refractivity contribution in [3.63, 3.8) is 0 Å². The summed E-state index contributed by atoms with van der Waals surface area (Å²) in [7, 11) is 1.81. The molecule has 0 amide bonds. The van der Waals surface area contributed by atoms with Gasteiger partial charge in [0.25, 0.3) is 0 Å². The van der Waals surface area contributed by atoms with E-state index >= 15 is 0 Å². The predicted octanol–water partition coefficient (Wildman–Crippen LogP) is 3.72. The lowest BCUT2D eigenvalue weighted by Crippen LogP contribution is -2.29. The number of fused-ring (bicyclic) bond motifs is 1. The third-order valence-electron chi connectivity index (χ3n) is 4.46. The second-order valence-electron chi connectivity index (χ2n) is 5.97. The standard InChI is InChI=1S/C19H21F2N3O.ClH/c1-3-23-17-9-5-8-15(21)18(17)24(19(23)25)16(10-11-22-2)13-6-4-7-14(20)12-13;/h4-9,12,16,22H,3,10-11H2,1-2H3;1H/t16-;/m1./s1. The van der Waals surface area contributed by atoms with Crippen molar-refractivity contribution >= 4 is 23.4 Å². The fourth-order valence-electron chi connectivity index (χ4n) is 3.32. The van der Waals surface area contributed by atoms with Crippen molar-refractivity contribution in [1.82, 2.24) is 14.5 Å². The number of hydrogen-bond donors (Lipinski definition) is 1. The molecule has 0 aliphatic carbocycles. The molecule has 0 spiro atoms. The van der Waals surface area contributed by atoms with Gasteiger partial charge in [0.15, 0.2) is 0 Å². The molecule has 0 aliphatic heterocycles. The predicted molar refractivity (Wildman–Crippen MR) is 102 cm³/mol. The van der Waals surface area contributed by atoms with E-state index in [-0.39, 0.29) is 29.4 Å². The molecule has 0 radical (unpaired) electrons. The van der Waals surface area contributed by atoms with Gasteiger partial charge in [-0.2, -0.15) is 0 Å². The highest BCUT2D eigenvalue weighted by molar-refractivity contribution is 5.85. The number of para-hydroxylation sites is 1. The average molecular weight is 382 g/mol. The number of nitrogens with one attached hydrogen (secondary N) is 1. The number of aromatic nitrogens is 2. The number of rotatable bonds is 6. The van der Waals surface area contributed by atoms with Gasteiger partial charge in [-0.05, 0) is 56.8 Å². The minimum atomic E-state index is -0.456. The van der Waals surface area contributed by atoms with Gasteiger partial charge >= 0.3 is 5.69 Å². The highest BCUT2D eigenvalue weighted by Gasteiger charge is 2.23. The molecule has 0 bridgehead atoms. The van der Waals surface area contributed by atoms with Crippen molar-refractivity contribution in [2.75, 3.05) is 13.6 Å². The van der Waals surface area contributed by atoms with E-state index in [1.165, 1.54) is 22.8 Å². The Hall–Kier alpha value is -2.18. The molecule has 0 fully saturated rings. The molecule has 1 atom stereocenters. The molecule has 3 rings (SSSR count). The van der Waals surface area contributed by atoms with Gasteiger partial charge in [-0.3, -0.25) is 9.13 Å². The quantitative estimate of drug-likeness (QED) is 0.706. The zero-order valence-electron chi connectivity index (χ0n) is 14.7. The van der Waals surface area contributed by atoms with Crippen LogP contribution in [0.5, 0.6) is 0 Å². The first-order valence-electron chi connectivity index (χ1n) is 8.37. The minimum absolute atomic E-state index is 0. The lowest BCUT2D eigenvalue weighted by atomic mass is 10.0. The summed E-state index contributed by atoms with van der Waals surface area (Å²) in [5.41, 5.74) is 1.18. The summed E-state index contributed by atoms with van der Waals surface area (Å²) in [5.74, 6) is -0.827. The van der Waals surface area contributed by atoms with Gasteiger partial charge in [-0.25, -0.2) is 13.6 Å². The van der Waals surface area contributed by atoms with Gasteiger partial charge in [0.2, 0.25) is 0 Å². The van der Waals surface area contributed by atoms with Crippen LogP contribution in [0.25, 0.3) is 11.0 Å². The van der Waals surface area contributed by atoms with E-state index in [0.717, 1.165) is 0 Å². The molecule has 26 heavy (non-hydrogen) atoms. The van der Waals surface area contributed by atoms with Crippen molar-refractivity contribution in [2.45, 2.75) is 25.9 Å². The third-order valence-corrected chi connectivity index (χ3v) is 4.46. The number of imidazole rings is 1. The molecule has 2 aromatic carbocycles. The summed E-state index contributed by atoms with van der Waals surface area (Å²) >= 11 is 0. The normalized spacial score (nSPS) is 12.2. The molecule has 1 N–H and O–H groups in total. The number of halogens is 3. The topological polar surface area (TPSA) is 39.0 Å². The first-order chi connectivity index (χ1) is 12.1. The van der Waals surface area contributed by atoms with Crippen LogP contribution in [0.4, 0.5) is 8.78 Å². The van der Waals surface area contributed by atoms with Crippen LogP contribution in [0.2, 0.25) is 0 Å². The van der Waals surface area contributed by atoms with E-state index in [4.69, 9.17) is 0 Å². The van der Waals surface area contributed by atoms with Crippen molar-refractivity contribution in [3.05, 3.63) is 70.1 Å². The number of nitrogens with zero attached hydrogens (tertiary/aromatic N) is 2. The maximum absolute atomic E-state index is 14.6. The van der Waals surface area contributed by atoms with Gasteiger partial charge in [-0.15, -0.1) is 12.4 Å². The first kappa shape index (κ1) is 20.1. The van der Waals surface area contributed by atoms with Crippen LogP contribution < -0.4 is 11.0 Å². The van der Waals surface area contributed by atoms with E-state index < -0.39 is 11.9 Å². The summed E-state index contributed by atoms with van der Waals surface area (Å²) < 4.78 is 31.3. The van der Waals surface area contributed by atoms with Gasteiger partial charge < -0.3 is 5.32 Å². The number of hydrogen-bond acceptors (Lipinski definition) is 2. The zero-order chi connectivity index (χ0) is 18.0. The van der Waals surface area contributed by atoms with Crippen molar-refractivity contribution in [2.24, 2.45) is 0 Å². The van der Waals surface area contributed by atoms with Gasteiger partial charge in [0.05, 0.1) is 11.6 Å². The summed E-state index contributed by atoms with van der Waals surface area (Å²) in [6.45, 7) is 2.90. The van der Waals surface area contributed by atoms with Gasteiger partial charge in [0.1, 0.15) is 17.2 Å². The molecule has 140 valence electrons. The smallest absolute Gasteiger partial charge is 0.320 e. The molecule has 7 heteroatoms. The Labute approximate surface area is 156 Å². The Bertz CT molecular complexity index is 952. The molecule has 0 unspecified atom stereocenters. The third kappa shape index (κ3) is 3.52. The highest BCUT2D eigenvalue weighted by atomic mass is 35.5. The van der Waals surface area contributed by atoms with E-state index in [1.54, 1.807) is 35.9 Å². The number of aryl methyl sites for hydroxylation is 1. The Morgan fingerprint density at radius 2 is 1.88 bits per heavy atom. The lowest BCUT2D eigenvalue weighted by Gasteiger charge is -2.19. The summed E-state index contributed by atoms with van der Waals surface area (Å²) in [5, 5.41) is 3.05. The van der Waals surface area contributed by atoms with Crippen LogP contribution in [0.15, 0.2) is 47.3 Å². The van der Waals surface area contributed by atoms with Gasteiger partial charge in [-0.1, -0.05) is 18.2 Å². The van der Waals surface area contributed by atoms with Crippen LogP contribution in [0.3, 0.4) is 0 Å². The summed E-state index contributed by atoms with van der Waals surface area (Å²) in [4.78, 5) is 13.0. The molecular weight excluding hydrogens is 360 g/mol. The first-order valence-corrected chi connectivity index (χ1v) is 8.37. The van der Waals surface area contributed by atoms with E-state index in [2.05, 4.69) is 5.32 Å². The Balaban J connectivity index is 0.00000243. The fourth-order valence-corrected chi connectivity index (χ4v) is 3.32. The SMILES string of the molecule is CCn1c(=O)n([C@H](CCNC)c2cccc(F)c2)c2c(F)cccc21.Cl. The molecule has 0 saturated carbocycles. The van der Waals surface area contributed by atoms with Crippen LogP contribution in [0.1, 0.15) is 24.9 Å². The fraction of sp³-hybridized carbons (Fsp3) is 0.316. The van der Waals surface area contributed by atoms with Crippen LogP contribution in [0, 0.1) is 11.6 Å². The summed E-state index contributed by atoms with van der Waals surface area (Å²) in [6.07, 6.45) is 0.539. The largest absolute Gasteiger partial charge is 0.329 e. The second-order valence-corrected chi connectivity index (χ2v) is 5.97. The Kier molecular flexibility index (Phi) is 6.56. The van der Waals surface area contributed by atoms with E-state index in [0.29, 0.717) is 30.6 Å². The van der Waals surface area contributed by atoms with Crippen molar-refractivity contribution < 1.29 is 8.78 Å². The van der Waals surface area contributed by atoms with Crippen LogP contribution in [-0.4, -0.2) is 22.7 Å². The highest BCUT2D eigenvalue weighted by Crippen LogP contribution is 2.27. The van der Waals surface area contributed by atoms with E-state index in [1.807, 2.05) is 6.92 Å². The molecule has 3 aromatic rings.